The monoisotopic (exact) mass is 259 g/mol. The number of piperidine rings is 1. The Balaban J connectivity index is 2.23. The summed E-state index contributed by atoms with van der Waals surface area (Å²) in [7, 11) is 0. The van der Waals surface area contributed by atoms with Gasteiger partial charge in [-0.25, -0.2) is 13.2 Å². The van der Waals surface area contributed by atoms with Crippen molar-refractivity contribution in [1.82, 2.24) is 4.90 Å². The zero-order valence-corrected chi connectivity index (χ0v) is 9.50. The number of hydrogen-bond acceptors (Lipinski definition) is 2. The number of benzene rings is 1. The first-order valence-corrected chi connectivity index (χ1v) is 5.61. The molecule has 1 aromatic rings. The first-order valence-electron chi connectivity index (χ1n) is 5.61. The highest BCUT2D eigenvalue weighted by Gasteiger charge is 2.24. The van der Waals surface area contributed by atoms with Crippen molar-refractivity contribution in [1.29, 1.82) is 0 Å². The first-order chi connectivity index (χ1) is 8.49. The summed E-state index contributed by atoms with van der Waals surface area (Å²) in [6, 6.07) is 1.34. The fourth-order valence-corrected chi connectivity index (χ4v) is 2.00. The Morgan fingerprint density at radius 2 is 1.89 bits per heavy atom. The fraction of sp³-hybridized carbons (Fsp3) is 0.417. The molecule has 3 nitrogen and oxygen atoms in total. The number of likely N-dealkylation sites (tertiary alicyclic amines) is 1. The number of carbonyl (C=O) groups is 1. The maximum atomic E-state index is 13.0. The number of rotatable bonds is 1. The van der Waals surface area contributed by atoms with Crippen molar-refractivity contribution < 1.29 is 23.1 Å². The lowest BCUT2D eigenvalue weighted by Gasteiger charge is -2.30. The molecule has 0 aromatic heterocycles. The second-order valence-corrected chi connectivity index (χ2v) is 4.30. The molecule has 0 aliphatic carbocycles. The van der Waals surface area contributed by atoms with E-state index >= 15 is 0 Å². The lowest BCUT2D eigenvalue weighted by atomic mass is 10.1. The maximum Gasteiger partial charge on any atom is 0.254 e. The molecule has 1 unspecified atom stereocenters. The highest BCUT2D eigenvalue weighted by molar-refractivity contribution is 5.94. The number of hydrogen-bond donors (Lipinski definition) is 1. The molecule has 0 bridgehead atoms. The molecule has 1 aliphatic rings. The van der Waals surface area contributed by atoms with Crippen LogP contribution in [-0.2, 0) is 0 Å². The lowest BCUT2D eigenvalue weighted by Crippen LogP contribution is -2.42. The Hall–Kier alpha value is -1.56. The number of aliphatic hydroxyl groups excluding tert-OH is 1. The van der Waals surface area contributed by atoms with Gasteiger partial charge in [-0.1, -0.05) is 0 Å². The molecule has 2 rings (SSSR count). The molecule has 1 aliphatic heterocycles. The molecular weight excluding hydrogens is 247 g/mol. The van der Waals surface area contributed by atoms with Gasteiger partial charge in [0.1, 0.15) is 0 Å². The molecule has 1 aromatic carbocycles. The molecule has 1 heterocycles. The van der Waals surface area contributed by atoms with E-state index in [4.69, 9.17) is 0 Å². The summed E-state index contributed by atoms with van der Waals surface area (Å²) >= 11 is 0. The zero-order chi connectivity index (χ0) is 13.3. The van der Waals surface area contributed by atoms with Crippen LogP contribution in [0.3, 0.4) is 0 Å². The van der Waals surface area contributed by atoms with Crippen molar-refractivity contribution in [3.63, 3.8) is 0 Å². The van der Waals surface area contributed by atoms with Crippen molar-refractivity contribution >= 4 is 5.91 Å². The van der Waals surface area contributed by atoms with Crippen LogP contribution < -0.4 is 0 Å². The number of carbonyl (C=O) groups excluding carboxylic acids is 1. The number of halogens is 3. The van der Waals surface area contributed by atoms with Crippen LogP contribution in [0.25, 0.3) is 0 Å². The quantitative estimate of drug-likeness (QED) is 0.780. The van der Waals surface area contributed by atoms with Gasteiger partial charge >= 0.3 is 0 Å². The minimum Gasteiger partial charge on any atom is -0.391 e. The minimum absolute atomic E-state index is 0.124. The van der Waals surface area contributed by atoms with E-state index in [-0.39, 0.29) is 12.1 Å². The zero-order valence-electron chi connectivity index (χ0n) is 9.50. The highest BCUT2D eigenvalue weighted by Crippen LogP contribution is 2.18. The molecule has 0 radical (unpaired) electrons. The number of nitrogens with zero attached hydrogens (tertiary/aromatic N) is 1. The van der Waals surface area contributed by atoms with Gasteiger partial charge in [0.15, 0.2) is 17.5 Å². The number of amides is 1. The fourth-order valence-electron chi connectivity index (χ4n) is 2.00. The maximum absolute atomic E-state index is 13.0. The largest absolute Gasteiger partial charge is 0.391 e. The summed E-state index contributed by atoms with van der Waals surface area (Å²) in [5.74, 6) is -4.98. The van der Waals surface area contributed by atoms with Crippen LogP contribution in [0.1, 0.15) is 23.2 Å². The normalized spacial score (nSPS) is 20.0. The van der Waals surface area contributed by atoms with Gasteiger partial charge in [-0.05, 0) is 25.0 Å². The third kappa shape index (κ3) is 2.48. The van der Waals surface area contributed by atoms with E-state index in [1.165, 1.54) is 4.90 Å². The van der Waals surface area contributed by atoms with Crippen LogP contribution in [-0.4, -0.2) is 35.1 Å². The van der Waals surface area contributed by atoms with Crippen molar-refractivity contribution in [3.8, 4) is 0 Å². The van der Waals surface area contributed by atoms with E-state index in [1.54, 1.807) is 0 Å². The molecule has 0 spiro atoms. The molecule has 1 N–H and O–H groups in total. The smallest absolute Gasteiger partial charge is 0.254 e. The van der Waals surface area contributed by atoms with Gasteiger partial charge in [0.25, 0.3) is 5.91 Å². The molecular formula is C12H12F3NO2. The highest BCUT2D eigenvalue weighted by atomic mass is 19.2. The SMILES string of the molecule is O=C(c1cc(F)c(F)c(F)c1)N1CCCC(O)C1. The van der Waals surface area contributed by atoms with Gasteiger partial charge in [-0.15, -0.1) is 0 Å². The van der Waals surface area contributed by atoms with Gasteiger partial charge in [0, 0.05) is 18.7 Å². The van der Waals surface area contributed by atoms with Gasteiger partial charge in [-0.3, -0.25) is 4.79 Å². The molecule has 0 saturated carbocycles. The van der Waals surface area contributed by atoms with Crippen molar-refractivity contribution in [2.45, 2.75) is 18.9 Å². The van der Waals surface area contributed by atoms with Crippen LogP contribution >= 0.6 is 0 Å². The van der Waals surface area contributed by atoms with Crippen LogP contribution in [0.5, 0.6) is 0 Å². The van der Waals surface area contributed by atoms with E-state index in [0.29, 0.717) is 31.5 Å². The average Bonchev–Trinajstić information content (AvgIpc) is 2.34. The third-order valence-electron chi connectivity index (χ3n) is 2.91. The van der Waals surface area contributed by atoms with Gasteiger partial charge in [-0.2, -0.15) is 0 Å². The topological polar surface area (TPSA) is 40.5 Å². The molecule has 1 amide bonds. The second kappa shape index (κ2) is 4.97. The molecule has 6 heteroatoms. The molecule has 1 atom stereocenters. The number of aliphatic hydroxyl groups is 1. The minimum atomic E-state index is -1.59. The van der Waals surface area contributed by atoms with Crippen molar-refractivity contribution in [2.24, 2.45) is 0 Å². The predicted molar refractivity (Wildman–Crippen MR) is 57.5 cm³/mol. The van der Waals surface area contributed by atoms with E-state index in [2.05, 4.69) is 0 Å². The van der Waals surface area contributed by atoms with Crippen LogP contribution in [0.15, 0.2) is 12.1 Å². The van der Waals surface area contributed by atoms with Crippen molar-refractivity contribution in [3.05, 3.63) is 35.1 Å². The molecule has 98 valence electrons. The summed E-state index contributed by atoms with van der Waals surface area (Å²) in [5.41, 5.74) is -0.250. The standard InChI is InChI=1S/C12H12F3NO2/c13-9-4-7(5-10(14)11(9)15)12(18)16-3-1-2-8(17)6-16/h4-5,8,17H,1-3,6H2. The first kappa shape index (κ1) is 12.9. The summed E-state index contributed by atoms with van der Waals surface area (Å²) in [6.07, 6.45) is 0.590. The van der Waals surface area contributed by atoms with Crippen LogP contribution in [0.2, 0.25) is 0 Å². The van der Waals surface area contributed by atoms with E-state index in [9.17, 15) is 23.1 Å². The number of β-amino-alcohol motifs (C(OH)–C–C–N with tert-alkyl or cyclic N) is 1. The molecule has 1 fully saturated rings. The Labute approximate surface area is 102 Å². The Kier molecular flexibility index (Phi) is 3.56. The Morgan fingerprint density at radius 1 is 1.28 bits per heavy atom. The second-order valence-electron chi connectivity index (χ2n) is 4.30. The lowest BCUT2D eigenvalue weighted by molar-refractivity contribution is 0.0473. The van der Waals surface area contributed by atoms with Crippen LogP contribution in [0, 0.1) is 17.5 Å². The molecule has 1 saturated heterocycles. The van der Waals surface area contributed by atoms with Crippen molar-refractivity contribution in [2.75, 3.05) is 13.1 Å². The van der Waals surface area contributed by atoms with Gasteiger partial charge < -0.3 is 10.0 Å². The Bertz CT molecular complexity index is 455. The third-order valence-corrected chi connectivity index (χ3v) is 2.91. The summed E-state index contributed by atoms with van der Waals surface area (Å²) in [5, 5.41) is 9.43. The predicted octanol–water partition coefficient (Wildman–Crippen LogP) is 1.70. The summed E-state index contributed by atoms with van der Waals surface area (Å²) in [6.45, 7) is 0.538. The van der Waals surface area contributed by atoms with E-state index in [0.717, 1.165) is 0 Å². The van der Waals surface area contributed by atoms with Gasteiger partial charge in [0.05, 0.1) is 6.10 Å². The van der Waals surface area contributed by atoms with E-state index < -0.39 is 29.5 Å². The van der Waals surface area contributed by atoms with E-state index in [1.807, 2.05) is 0 Å². The average molecular weight is 259 g/mol. The Morgan fingerprint density at radius 3 is 2.44 bits per heavy atom. The van der Waals surface area contributed by atoms with Gasteiger partial charge in [0.2, 0.25) is 0 Å². The summed E-state index contributed by atoms with van der Waals surface area (Å²) in [4.78, 5) is 13.2. The summed E-state index contributed by atoms with van der Waals surface area (Å²) < 4.78 is 38.8. The van der Waals surface area contributed by atoms with Crippen LogP contribution in [0.4, 0.5) is 13.2 Å². The molecule has 18 heavy (non-hydrogen) atoms.